The van der Waals surface area contributed by atoms with Crippen molar-refractivity contribution in [3.8, 4) is 0 Å². The van der Waals surface area contributed by atoms with Crippen LogP contribution in [0.25, 0.3) is 0 Å². The standard InChI is InChI=1S/C13H12N2OS2/c1-8-6-7-18-11(8)13(16)15-10-5-3-2-4-9(10)12(14)17/h2-7H,1H3,(H2,14,17)(H,15,16). The molecule has 1 aromatic carbocycles. The Kier molecular flexibility index (Phi) is 3.74. The molecule has 1 heterocycles. The van der Waals surface area contributed by atoms with Gasteiger partial charge in [-0.1, -0.05) is 24.4 Å². The van der Waals surface area contributed by atoms with Gasteiger partial charge in [-0.15, -0.1) is 11.3 Å². The second-order valence-electron chi connectivity index (χ2n) is 3.80. The maximum absolute atomic E-state index is 12.1. The Bertz CT molecular complexity index is 605. The van der Waals surface area contributed by atoms with Gasteiger partial charge in [-0.05, 0) is 36.1 Å². The van der Waals surface area contributed by atoms with Gasteiger partial charge in [0.2, 0.25) is 0 Å². The van der Waals surface area contributed by atoms with Crippen LogP contribution in [0.4, 0.5) is 5.69 Å². The molecular weight excluding hydrogens is 264 g/mol. The van der Waals surface area contributed by atoms with Crippen molar-refractivity contribution in [2.75, 3.05) is 5.32 Å². The van der Waals surface area contributed by atoms with Gasteiger partial charge < -0.3 is 11.1 Å². The molecule has 0 fully saturated rings. The zero-order chi connectivity index (χ0) is 13.1. The largest absolute Gasteiger partial charge is 0.389 e. The van der Waals surface area contributed by atoms with Crippen molar-refractivity contribution in [2.45, 2.75) is 6.92 Å². The number of carbonyl (C=O) groups excluding carboxylic acids is 1. The van der Waals surface area contributed by atoms with Gasteiger partial charge in [-0.2, -0.15) is 0 Å². The fourth-order valence-corrected chi connectivity index (χ4v) is 2.59. The number of aryl methyl sites for hydroxylation is 1. The highest BCUT2D eigenvalue weighted by molar-refractivity contribution is 7.80. The second kappa shape index (κ2) is 5.29. The lowest BCUT2D eigenvalue weighted by Gasteiger charge is -2.09. The fraction of sp³-hybridized carbons (Fsp3) is 0.0769. The van der Waals surface area contributed by atoms with Crippen LogP contribution in [0.1, 0.15) is 20.8 Å². The summed E-state index contributed by atoms with van der Waals surface area (Å²) in [6.45, 7) is 1.91. The SMILES string of the molecule is Cc1ccsc1C(=O)Nc1ccccc1C(N)=S. The maximum atomic E-state index is 12.1. The van der Waals surface area contributed by atoms with Crippen LogP contribution >= 0.6 is 23.6 Å². The molecule has 2 rings (SSSR count). The first kappa shape index (κ1) is 12.7. The summed E-state index contributed by atoms with van der Waals surface area (Å²) in [6, 6.07) is 9.16. The van der Waals surface area contributed by atoms with Gasteiger partial charge in [0.1, 0.15) is 4.99 Å². The Balaban J connectivity index is 2.28. The molecule has 2 aromatic rings. The van der Waals surface area contributed by atoms with Crippen LogP contribution in [0, 0.1) is 6.92 Å². The van der Waals surface area contributed by atoms with Crippen LogP contribution in [0.15, 0.2) is 35.7 Å². The van der Waals surface area contributed by atoms with Crippen LogP contribution in [0.3, 0.4) is 0 Å². The van der Waals surface area contributed by atoms with E-state index < -0.39 is 0 Å². The molecule has 0 aliphatic heterocycles. The lowest BCUT2D eigenvalue weighted by atomic mass is 10.1. The topological polar surface area (TPSA) is 55.1 Å². The smallest absolute Gasteiger partial charge is 0.266 e. The van der Waals surface area contributed by atoms with E-state index in [4.69, 9.17) is 18.0 Å². The van der Waals surface area contributed by atoms with E-state index in [1.807, 2.05) is 30.5 Å². The van der Waals surface area contributed by atoms with Crippen molar-refractivity contribution >= 4 is 40.1 Å². The minimum atomic E-state index is -0.133. The molecule has 3 N–H and O–H groups in total. The monoisotopic (exact) mass is 276 g/mol. The summed E-state index contributed by atoms with van der Waals surface area (Å²) in [5.41, 5.74) is 7.90. The van der Waals surface area contributed by atoms with Crippen LogP contribution in [-0.2, 0) is 0 Å². The average molecular weight is 276 g/mol. The third-order valence-electron chi connectivity index (χ3n) is 2.51. The number of nitrogens with two attached hydrogens (primary N) is 1. The van der Waals surface area contributed by atoms with Crippen LogP contribution < -0.4 is 11.1 Å². The first-order chi connectivity index (χ1) is 8.59. The highest BCUT2D eigenvalue weighted by atomic mass is 32.1. The highest BCUT2D eigenvalue weighted by Gasteiger charge is 2.13. The van der Waals surface area contributed by atoms with Crippen molar-refractivity contribution in [3.05, 3.63) is 51.7 Å². The number of hydrogen-bond acceptors (Lipinski definition) is 3. The first-order valence-corrected chi connectivity index (χ1v) is 6.62. The van der Waals surface area contributed by atoms with E-state index in [9.17, 15) is 4.79 Å². The summed E-state index contributed by atoms with van der Waals surface area (Å²) in [4.78, 5) is 13.1. The van der Waals surface area contributed by atoms with Gasteiger partial charge in [0.25, 0.3) is 5.91 Å². The summed E-state index contributed by atoms with van der Waals surface area (Å²) in [5.74, 6) is -0.133. The molecule has 3 nitrogen and oxygen atoms in total. The molecule has 1 amide bonds. The zero-order valence-corrected chi connectivity index (χ0v) is 11.4. The molecule has 0 aliphatic rings. The summed E-state index contributed by atoms with van der Waals surface area (Å²) in [5, 5.41) is 4.73. The van der Waals surface area contributed by atoms with Gasteiger partial charge in [0.05, 0.1) is 10.6 Å². The van der Waals surface area contributed by atoms with E-state index in [0.717, 1.165) is 5.56 Å². The van der Waals surface area contributed by atoms with Gasteiger partial charge in [-0.25, -0.2) is 0 Å². The molecule has 0 saturated heterocycles. The Morgan fingerprint density at radius 3 is 2.67 bits per heavy atom. The molecule has 0 unspecified atom stereocenters. The Hall–Kier alpha value is -1.72. The fourth-order valence-electron chi connectivity index (χ4n) is 1.59. The maximum Gasteiger partial charge on any atom is 0.266 e. The Morgan fingerprint density at radius 2 is 2.06 bits per heavy atom. The highest BCUT2D eigenvalue weighted by Crippen LogP contribution is 2.20. The van der Waals surface area contributed by atoms with Gasteiger partial charge in [-0.3, -0.25) is 4.79 Å². The van der Waals surface area contributed by atoms with E-state index >= 15 is 0 Å². The van der Waals surface area contributed by atoms with Gasteiger partial charge >= 0.3 is 0 Å². The summed E-state index contributed by atoms with van der Waals surface area (Å²) in [6.07, 6.45) is 0. The minimum Gasteiger partial charge on any atom is -0.389 e. The van der Waals surface area contributed by atoms with E-state index in [2.05, 4.69) is 5.32 Å². The second-order valence-corrected chi connectivity index (χ2v) is 5.15. The van der Waals surface area contributed by atoms with Gasteiger partial charge in [0.15, 0.2) is 0 Å². The molecule has 1 aromatic heterocycles. The molecule has 0 radical (unpaired) electrons. The third-order valence-corrected chi connectivity index (χ3v) is 3.74. The Labute approximate surface area is 115 Å². The van der Waals surface area contributed by atoms with Crippen molar-refractivity contribution in [1.29, 1.82) is 0 Å². The van der Waals surface area contributed by atoms with Crippen molar-refractivity contribution in [1.82, 2.24) is 0 Å². The van der Waals surface area contributed by atoms with Crippen LogP contribution in [-0.4, -0.2) is 10.9 Å². The molecule has 0 bridgehead atoms. The number of hydrogen-bond donors (Lipinski definition) is 2. The summed E-state index contributed by atoms with van der Waals surface area (Å²) < 4.78 is 0. The number of anilines is 1. The normalized spacial score (nSPS) is 10.1. The molecule has 0 atom stereocenters. The Morgan fingerprint density at radius 1 is 1.33 bits per heavy atom. The van der Waals surface area contributed by atoms with Crippen molar-refractivity contribution in [3.63, 3.8) is 0 Å². The third kappa shape index (κ3) is 2.57. The number of thiophene rings is 1. The molecule has 18 heavy (non-hydrogen) atoms. The molecule has 92 valence electrons. The molecule has 0 saturated carbocycles. The zero-order valence-electron chi connectivity index (χ0n) is 9.77. The number of benzene rings is 1. The number of nitrogens with one attached hydrogen (secondary N) is 1. The van der Waals surface area contributed by atoms with Crippen molar-refractivity contribution < 1.29 is 4.79 Å². The number of carbonyl (C=O) groups is 1. The number of thiocarbonyl (C=S) groups is 1. The van der Waals surface area contributed by atoms with Crippen LogP contribution in [0.5, 0.6) is 0 Å². The lowest BCUT2D eigenvalue weighted by molar-refractivity contribution is 0.103. The predicted octanol–water partition coefficient (Wildman–Crippen LogP) is 2.94. The molecule has 0 aliphatic carbocycles. The number of para-hydroxylation sites is 1. The predicted molar refractivity (Wildman–Crippen MR) is 79.3 cm³/mol. The van der Waals surface area contributed by atoms with Crippen LogP contribution in [0.2, 0.25) is 0 Å². The van der Waals surface area contributed by atoms with E-state index in [1.165, 1.54) is 11.3 Å². The number of amides is 1. The molecule has 0 spiro atoms. The molecular formula is C13H12N2OS2. The summed E-state index contributed by atoms with van der Waals surface area (Å²) >= 11 is 6.37. The average Bonchev–Trinajstić information content (AvgIpc) is 2.76. The van der Waals surface area contributed by atoms with Crippen molar-refractivity contribution in [2.24, 2.45) is 5.73 Å². The lowest BCUT2D eigenvalue weighted by Crippen LogP contribution is -2.17. The van der Waals surface area contributed by atoms with E-state index in [0.29, 0.717) is 16.1 Å². The minimum absolute atomic E-state index is 0.133. The summed E-state index contributed by atoms with van der Waals surface area (Å²) in [7, 11) is 0. The first-order valence-electron chi connectivity index (χ1n) is 5.34. The van der Waals surface area contributed by atoms with E-state index in [1.54, 1.807) is 12.1 Å². The molecule has 5 heteroatoms. The number of rotatable bonds is 3. The van der Waals surface area contributed by atoms with Gasteiger partial charge in [0, 0.05) is 5.56 Å². The van der Waals surface area contributed by atoms with E-state index in [-0.39, 0.29) is 10.9 Å². The quantitative estimate of drug-likeness (QED) is 0.847.